The van der Waals surface area contributed by atoms with Crippen LogP contribution in [0.15, 0.2) is 12.1 Å². The van der Waals surface area contributed by atoms with E-state index in [1.807, 2.05) is 12.1 Å². The fraction of sp³-hybridized carbons (Fsp3) is 0.600. The van der Waals surface area contributed by atoms with E-state index in [2.05, 4.69) is 19.2 Å². The molecule has 0 saturated carbocycles. The monoisotopic (exact) mass is 267 g/mol. The number of benzene rings is 1. The molecule has 0 aliphatic heterocycles. The van der Waals surface area contributed by atoms with E-state index in [0.717, 1.165) is 19.4 Å². The molecule has 0 aliphatic carbocycles. The van der Waals surface area contributed by atoms with Gasteiger partial charge in [-0.3, -0.25) is 0 Å². The molecule has 0 aromatic heterocycles. The van der Waals surface area contributed by atoms with Crippen LogP contribution in [0.5, 0.6) is 17.2 Å². The van der Waals surface area contributed by atoms with Crippen LogP contribution in [0, 0.1) is 0 Å². The Hall–Kier alpha value is -1.42. The standard InChI is InChI=1S/C15H25NO3/c1-6-8-12(16-7-2)11-9-13(17-3)15(19-5)14(10-11)18-4/h9-10,12,16H,6-8H2,1-5H3. The summed E-state index contributed by atoms with van der Waals surface area (Å²) >= 11 is 0. The molecule has 0 saturated heterocycles. The van der Waals surface area contributed by atoms with Crippen LogP contribution in [-0.4, -0.2) is 27.9 Å². The molecule has 0 aliphatic rings. The molecular weight excluding hydrogens is 242 g/mol. The first-order chi connectivity index (χ1) is 9.21. The lowest BCUT2D eigenvalue weighted by atomic mass is 10.0. The molecule has 0 radical (unpaired) electrons. The van der Waals surface area contributed by atoms with Gasteiger partial charge in [0.25, 0.3) is 0 Å². The van der Waals surface area contributed by atoms with Gasteiger partial charge in [-0.2, -0.15) is 0 Å². The molecule has 1 aromatic rings. The first-order valence-electron chi connectivity index (χ1n) is 6.75. The van der Waals surface area contributed by atoms with E-state index >= 15 is 0 Å². The zero-order valence-electron chi connectivity index (χ0n) is 12.6. The molecule has 1 unspecified atom stereocenters. The first-order valence-corrected chi connectivity index (χ1v) is 6.75. The number of hydrogen-bond acceptors (Lipinski definition) is 4. The Labute approximate surface area is 116 Å². The van der Waals surface area contributed by atoms with Gasteiger partial charge < -0.3 is 19.5 Å². The number of ether oxygens (including phenoxy) is 3. The van der Waals surface area contributed by atoms with Gasteiger partial charge >= 0.3 is 0 Å². The highest BCUT2D eigenvalue weighted by Crippen LogP contribution is 2.40. The molecule has 0 fully saturated rings. The number of hydrogen-bond donors (Lipinski definition) is 1. The van der Waals surface area contributed by atoms with E-state index in [1.54, 1.807) is 21.3 Å². The minimum absolute atomic E-state index is 0.309. The molecule has 108 valence electrons. The third-order valence-electron chi connectivity index (χ3n) is 3.12. The molecule has 0 heterocycles. The predicted molar refractivity (Wildman–Crippen MR) is 77.4 cm³/mol. The second-order valence-electron chi connectivity index (χ2n) is 4.36. The van der Waals surface area contributed by atoms with Crippen molar-refractivity contribution in [2.45, 2.75) is 32.7 Å². The Kier molecular flexibility index (Phi) is 6.50. The smallest absolute Gasteiger partial charge is 0.203 e. The molecule has 19 heavy (non-hydrogen) atoms. The van der Waals surface area contributed by atoms with E-state index in [-0.39, 0.29) is 0 Å². The zero-order chi connectivity index (χ0) is 14.3. The van der Waals surface area contributed by atoms with Gasteiger partial charge in [0, 0.05) is 6.04 Å². The van der Waals surface area contributed by atoms with E-state index < -0.39 is 0 Å². The molecule has 4 nitrogen and oxygen atoms in total. The normalized spacial score (nSPS) is 12.1. The van der Waals surface area contributed by atoms with Crippen molar-refractivity contribution < 1.29 is 14.2 Å². The van der Waals surface area contributed by atoms with Crippen molar-refractivity contribution in [2.24, 2.45) is 0 Å². The molecule has 0 spiro atoms. The number of rotatable bonds is 8. The third-order valence-corrected chi connectivity index (χ3v) is 3.12. The van der Waals surface area contributed by atoms with Crippen LogP contribution >= 0.6 is 0 Å². The SMILES string of the molecule is CCCC(NCC)c1cc(OC)c(OC)c(OC)c1. The van der Waals surface area contributed by atoms with Crippen molar-refractivity contribution in [3.05, 3.63) is 17.7 Å². The van der Waals surface area contributed by atoms with Gasteiger partial charge in [0.15, 0.2) is 11.5 Å². The first kappa shape index (κ1) is 15.6. The largest absolute Gasteiger partial charge is 0.493 e. The van der Waals surface area contributed by atoms with Crippen molar-refractivity contribution >= 4 is 0 Å². The summed E-state index contributed by atoms with van der Waals surface area (Å²) in [6.07, 6.45) is 2.20. The Bertz CT molecular complexity index is 362. The summed E-state index contributed by atoms with van der Waals surface area (Å²) in [5.74, 6) is 2.05. The minimum atomic E-state index is 0.309. The van der Waals surface area contributed by atoms with E-state index in [9.17, 15) is 0 Å². The van der Waals surface area contributed by atoms with Gasteiger partial charge in [-0.25, -0.2) is 0 Å². The van der Waals surface area contributed by atoms with Crippen LogP contribution < -0.4 is 19.5 Å². The highest BCUT2D eigenvalue weighted by atomic mass is 16.5. The Morgan fingerprint density at radius 1 is 1.00 bits per heavy atom. The van der Waals surface area contributed by atoms with Gasteiger partial charge in [-0.15, -0.1) is 0 Å². The van der Waals surface area contributed by atoms with E-state index in [0.29, 0.717) is 23.3 Å². The molecule has 1 aromatic carbocycles. The molecule has 0 bridgehead atoms. The van der Waals surface area contributed by atoms with Gasteiger partial charge in [0.2, 0.25) is 5.75 Å². The Morgan fingerprint density at radius 2 is 1.58 bits per heavy atom. The summed E-state index contributed by atoms with van der Waals surface area (Å²) in [4.78, 5) is 0. The summed E-state index contributed by atoms with van der Waals surface area (Å²) in [6.45, 7) is 5.23. The second kappa shape index (κ2) is 7.89. The molecule has 1 rings (SSSR count). The van der Waals surface area contributed by atoms with Crippen LogP contribution in [0.4, 0.5) is 0 Å². The molecule has 1 N–H and O–H groups in total. The third kappa shape index (κ3) is 3.77. The van der Waals surface area contributed by atoms with Crippen molar-refractivity contribution in [1.29, 1.82) is 0 Å². The number of nitrogens with one attached hydrogen (secondary N) is 1. The maximum absolute atomic E-state index is 5.39. The lowest BCUT2D eigenvalue weighted by Crippen LogP contribution is -2.20. The molecule has 1 atom stereocenters. The maximum Gasteiger partial charge on any atom is 0.203 e. The summed E-state index contributed by atoms with van der Waals surface area (Å²) in [6, 6.07) is 4.35. The maximum atomic E-state index is 5.39. The Balaban J connectivity index is 3.19. The predicted octanol–water partition coefficient (Wildman–Crippen LogP) is 3.16. The highest BCUT2D eigenvalue weighted by molar-refractivity contribution is 5.54. The summed E-state index contributed by atoms with van der Waals surface area (Å²) in [7, 11) is 4.90. The highest BCUT2D eigenvalue weighted by Gasteiger charge is 2.17. The molecular formula is C15H25NO3. The number of methoxy groups -OCH3 is 3. The lowest BCUT2D eigenvalue weighted by Gasteiger charge is -2.21. The second-order valence-corrected chi connectivity index (χ2v) is 4.36. The fourth-order valence-corrected chi connectivity index (χ4v) is 2.22. The van der Waals surface area contributed by atoms with Crippen molar-refractivity contribution in [3.63, 3.8) is 0 Å². The zero-order valence-corrected chi connectivity index (χ0v) is 12.6. The van der Waals surface area contributed by atoms with Crippen LogP contribution in [-0.2, 0) is 0 Å². The van der Waals surface area contributed by atoms with Crippen LogP contribution in [0.1, 0.15) is 38.3 Å². The van der Waals surface area contributed by atoms with Crippen LogP contribution in [0.25, 0.3) is 0 Å². The van der Waals surface area contributed by atoms with Gasteiger partial charge in [-0.05, 0) is 30.7 Å². The van der Waals surface area contributed by atoms with Crippen molar-refractivity contribution in [2.75, 3.05) is 27.9 Å². The van der Waals surface area contributed by atoms with E-state index in [1.165, 1.54) is 5.56 Å². The lowest BCUT2D eigenvalue weighted by molar-refractivity contribution is 0.322. The quantitative estimate of drug-likeness (QED) is 0.785. The molecule has 4 heteroatoms. The minimum Gasteiger partial charge on any atom is -0.493 e. The average Bonchev–Trinajstić information content (AvgIpc) is 2.45. The van der Waals surface area contributed by atoms with Gasteiger partial charge in [-0.1, -0.05) is 20.3 Å². The summed E-state index contributed by atoms with van der Waals surface area (Å²) in [5, 5.41) is 3.49. The van der Waals surface area contributed by atoms with Crippen LogP contribution in [0.2, 0.25) is 0 Å². The van der Waals surface area contributed by atoms with E-state index in [4.69, 9.17) is 14.2 Å². The topological polar surface area (TPSA) is 39.7 Å². The fourth-order valence-electron chi connectivity index (χ4n) is 2.22. The van der Waals surface area contributed by atoms with Gasteiger partial charge in [0.05, 0.1) is 21.3 Å². The van der Waals surface area contributed by atoms with Crippen molar-refractivity contribution in [3.8, 4) is 17.2 Å². The Morgan fingerprint density at radius 3 is 1.95 bits per heavy atom. The van der Waals surface area contributed by atoms with Crippen LogP contribution in [0.3, 0.4) is 0 Å². The summed E-state index contributed by atoms with van der Waals surface area (Å²) in [5.41, 5.74) is 1.17. The van der Waals surface area contributed by atoms with Gasteiger partial charge in [0.1, 0.15) is 0 Å². The summed E-state index contributed by atoms with van der Waals surface area (Å²) < 4.78 is 16.1. The van der Waals surface area contributed by atoms with Crippen molar-refractivity contribution in [1.82, 2.24) is 5.32 Å². The molecule has 0 amide bonds. The average molecular weight is 267 g/mol.